The van der Waals surface area contributed by atoms with Crippen LogP contribution in [0, 0.1) is 0 Å². The van der Waals surface area contributed by atoms with Crippen molar-refractivity contribution in [3.63, 3.8) is 0 Å². The van der Waals surface area contributed by atoms with Crippen LogP contribution in [0.25, 0.3) is 22.6 Å². The molecule has 3 heterocycles. The van der Waals surface area contributed by atoms with Gasteiger partial charge in [-0.25, -0.2) is 4.98 Å². The van der Waals surface area contributed by atoms with Crippen LogP contribution in [-0.4, -0.2) is 22.1 Å². The highest BCUT2D eigenvalue weighted by molar-refractivity contribution is 5.76. The van der Waals surface area contributed by atoms with Gasteiger partial charge in [-0.2, -0.15) is 0 Å². The Labute approximate surface area is 145 Å². The number of rotatable bonds is 5. The molecule has 0 unspecified atom stereocenters. The highest BCUT2D eigenvalue weighted by atomic mass is 16.5. The van der Waals surface area contributed by atoms with Gasteiger partial charge in [-0.1, -0.05) is 6.07 Å². The van der Waals surface area contributed by atoms with Gasteiger partial charge >= 0.3 is 0 Å². The number of aryl methyl sites for hydroxylation is 2. The summed E-state index contributed by atoms with van der Waals surface area (Å²) < 4.78 is 11.0. The number of benzene rings is 1. The van der Waals surface area contributed by atoms with Crippen molar-refractivity contribution in [2.24, 2.45) is 0 Å². The number of pyridine rings is 2. The fourth-order valence-corrected chi connectivity index (χ4v) is 2.69. The van der Waals surface area contributed by atoms with E-state index in [9.17, 15) is 0 Å². The van der Waals surface area contributed by atoms with Crippen LogP contribution in [0.5, 0.6) is 5.75 Å². The molecule has 0 atom stereocenters. The van der Waals surface area contributed by atoms with Gasteiger partial charge in [-0.05, 0) is 54.8 Å². The Morgan fingerprint density at radius 2 is 2.00 bits per heavy atom. The van der Waals surface area contributed by atoms with Crippen molar-refractivity contribution < 1.29 is 9.15 Å². The van der Waals surface area contributed by atoms with E-state index in [-0.39, 0.29) is 0 Å². The Hall–Kier alpha value is -3.21. The Bertz CT molecular complexity index is 979. The number of fused-ring (bicyclic) bond motifs is 1. The summed E-state index contributed by atoms with van der Waals surface area (Å²) in [7, 11) is 1.64. The lowest BCUT2D eigenvalue weighted by atomic mass is 10.1. The van der Waals surface area contributed by atoms with E-state index < -0.39 is 0 Å². The SMILES string of the molecule is COc1ccc(CCc2ccc3oc(-c4cccnc4)nc3c2)nc1. The molecule has 4 aromatic rings. The Balaban J connectivity index is 1.52. The first-order chi connectivity index (χ1) is 12.3. The van der Waals surface area contributed by atoms with Crippen LogP contribution in [0.15, 0.2) is 65.5 Å². The van der Waals surface area contributed by atoms with Gasteiger partial charge in [0.15, 0.2) is 5.58 Å². The van der Waals surface area contributed by atoms with E-state index in [0.717, 1.165) is 40.9 Å². The van der Waals surface area contributed by atoms with E-state index in [1.165, 1.54) is 5.56 Å². The molecule has 0 saturated carbocycles. The van der Waals surface area contributed by atoms with Gasteiger partial charge in [0.05, 0.1) is 18.9 Å². The molecule has 0 aliphatic carbocycles. The zero-order chi connectivity index (χ0) is 17.1. The largest absolute Gasteiger partial charge is 0.495 e. The number of nitrogens with zero attached hydrogens (tertiary/aromatic N) is 3. The maximum Gasteiger partial charge on any atom is 0.228 e. The van der Waals surface area contributed by atoms with Crippen molar-refractivity contribution in [1.29, 1.82) is 0 Å². The van der Waals surface area contributed by atoms with Crippen molar-refractivity contribution in [2.75, 3.05) is 7.11 Å². The highest BCUT2D eigenvalue weighted by Crippen LogP contribution is 2.24. The quantitative estimate of drug-likeness (QED) is 0.551. The number of hydrogen-bond donors (Lipinski definition) is 0. The number of oxazole rings is 1. The van der Waals surface area contributed by atoms with E-state index in [2.05, 4.69) is 27.1 Å². The second kappa shape index (κ2) is 6.73. The van der Waals surface area contributed by atoms with Gasteiger partial charge in [0.2, 0.25) is 5.89 Å². The number of aromatic nitrogens is 3. The van der Waals surface area contributed by atoms with Gasteiger partial charge in [-0.3, -0.25) is 9.97 Å². The fraction of sp³-hybridized carbons (Fsp3) is 0.150. The first-order valence-electron chi connectivity index (χ1n) is 8.10. The van der Waals surface area contributed by atoms with Crippen LogP contribution >= 0.6 is 0 Å². The Kier molecular flexibility index (Phi) is 4.12. The van der Waals surface area contributed by atoms with Crippen LogP contribution in [-0.2, 0) is 12.8 Å². The van der Waals surface area contributed by atoms with Gasteiger partial charge in [0.1, 0.15) is 11.3 Å². The maximum atomic E-state index is 5.82. The molecule has 0 N–H and O–H groups in total. The molecule has 5 nitrogen and oxygen atoms in total. The van der Waals surface area contributed by atoms with E-state index in [1.807, 2.05) is 30.3 Å². The first kappa shape index (κ1) is 15.3. The molecule has 0 aliphatic heterocycles. The summed E-state index contributed by atoms with van der Waals surface area (Å²) in [5.74, 6) is 1.37. The Morgan fingerprint density at radius 3 is 2.76 bits per heavy atom. The lowest BCUT2D eigenvalue weighted by molar-refractivity contribution is 0.412. The van der Waals surface area contributed by atoms with Crippen LogP contribution in [0.4, 0.5) is 0 Å². The van der Waals surface area contributed by atoms with Crippen LogP contribution < -0.4 is 4.74 Å². The summed E-state index contributed by atoms with van der Waals surface area (Å²) in [6, 6.07) is 13.9. The molecule has 4 rings (SSSR count). The van der Waals surface area contributed by atoms with Crippen molar-refractivity contribution >= 4 is 11.1 Å². The standard InChI is InChI=1S/C20H17N3O2/c1-24-17-8-7-16(22-13-17)6-4-14-5-9-19-18(11-14)23-20(25-19)15-3-2-10-21-12-15/h2-3,5,7-13H,4,6H2,1H3. The molecule has 0 radical (unpaired) electrons. The summed E-state index contributed by atoms with van der Waals surface area (Å²) in [5.41, 5.74) is 4.76. The second-order valence-corrected chi connectivity index (χ2v) is 5.75. The van der Waals surface area contributed by atoms with E-state index in [0.29, 0.717) is 5.89 Å². The third kappa shape index (κ3) is 3.35. The lowest BCUT2D eigenvalue weighted by Crippen LogP contribution is -1.95. The van der Waals surface area contributed by atoms with Crippen LogP contribution in [0.1, 0.15) is 11.3 Å². The zero-order valence-corrected chi connectivity index (χ0v) is 13.8. The zero-order valence-electron chi connectivity index (χ0n) is 13.8. The maximum absolute atomic E-state index is 5.82. The third-order valence-corrected chi connectivity index (χ3v) is 4.06. The topological polar surface area (TPSA) is 61.0 Å². The summed E-state index contributed by atoms with van der Waals surface area (Å²) in [4.78, 5) is 13.1. The second-order valence-electron chi connectivity index (χ2n) is 5.75. The minimum Gasteiger partial charge on any atom is -0.495 e. The molecule has 0 spiro atoms. The molecule has 0 bridgehead atoms. The minimum absolute atomic E-state index is 0.595. The molecule has 0 saturated heterocycles. The van der Waals surface area contributed by atoms with Crippen molar-refractivity contribution in [3.05, 3.63) is 72.3 Å². The van der Waals surface area contributed by atoms with Gasteiger partial charge < -0.3 is 9.15 Å². The average molecular weight is 331 g/mol. The summed E-state index contributed by atoms with van der Waals surface area (Å²) >= 11 is 0. The molecule has 3 aromatic heterocycles. The average Bonchev–Trinajstić information content (AvgIpc) is 3.11. The molecule has 0 amide bonds. The highest BCUT2D eigenvalue weighted by Gasteiger charge is 2.09. The van der Waals surface area contributed by atoms with Gasteiger partial charge in [0, 0.05) is 18.1 Å². The van der Waals surface area contributed by atoms with E-state index in [1.54, 1.807) is 25.7 Å². The van der Waals surface area contributed by atoms with Gasteiger partial charge in [-0.15, -0.1) is 0 Å². The number of methoxy groups -OCH3 is 1. The molecular formula is C20H17N3O2. The fourth-order valence-electron chi connectivity index (χ4n) is 2.69. The van der Waals surface area contributed by atoms with E-state index in [4.69, 9.17) is 9.15 Å². The monoisotopic (exact) mass is 331 g/mol. The third-order valence-electron chi connectivity index (χ3n) is 4.06. The Morgan fingerprint density at radius 1 is 1.04 bits per heavy atom. The number of ether oxygens (including phenoxy) is 1. The number of hydrogen-bond acceptors (Lipinski definition) is 5. The van der Waals surface area contributed by atoms with Crippen molar-refractivity contribution in [2.45, 2.75) is 12.8 Å². The molecular weight excluding hydrogens is 314 g/mol. The summed E-state index contributed by atoms with van der Waals surface area (Å²) in [6.45, 7) is 0. The van der Waals surface area contributed by atoms with E-state index >= 15 is 0 Å². The smallest absolute Gasteiger partial charge is 0.228 e. The normalized spacial score (nSPS) is 10.9. The van der Waals surface area contributed by atoms with Gasteiger partial charge in [0.25, 0.3) is 0 Å². The molecule has 124 valence electrons. The molecule has 1 aromatic carbocycles. The predicted octanol–water partition coefficient (Wildman–Crippen LogP) is 4.08. The summed E-state index contributed by atoms with van der Waals surface area (Å²) in [5, 5.41) is 0. The first-order valence-corrected chi connectivity index (χ1v) is 8.10. The molecule has 0 fully saturated rings. The van der Waals surface area contributed by atoms with Crippen molar-refractivity contribution in [1.82, 2.24) is 15.0 Å². The van der Waals surface area contributed by atoms with Crippen LogP contribution in [0.3, 0.4) is 0 Å². The molecule has 25 heavy (non-hydrogen) atoms. The summed E-state index contributed by atoms with van der Waals surface area (Å²) in [6.07, 6.45) is 6.99. The predicted molar refractivity (Wildman–Crippen MR) is 95.4 cm³/mol. The lowest BCUT2D eigenvalue weighted by Gasteiger charge is -2.03. The van der Waals surface area contributed by atoms with Crippen LogP contribution in [0.2, 0.25) is 0 Å². The minimum atomic E-state index is 0.595. The molecule has 5 heteroatoms. The molecule has 0 aliphatic rings. The van der Waals surface area contributed by atoms with Crippen molar-refractivity contribution in [3.8, 4) is 17.2 Å².